The Morgan fingerprint density at radius 2 is 1.68 bits per heavy atom. The van der Waals surface area contributed by atoms with Crippen molar-refractivity contribution in [3.05, 3.63) is 77.1 Å². The molecule has 0 bridgehead atoms. The summed E-state index contributed by atoms with van der Waals surface area (Å²) in [5, 5.41) is 7.04. The van der Waals surface area contributed by atoms with Crippen molar-refractivity contribution in [1.29, 1.82) is 0 Å². The number of Topliss-reactive ketones (excluding diaryl/α,β-unsaturated/α-hetero) is 1. The number of ether oxygens (including phenoxy) is 1. The van der Waals surface area contributed by atoms with Gasteiger partial charge in [-0.2, -0.15) is 5.10 Å². The van der Waals surface area contributed by atoms with Crippen LogP contribution >= 0.6 is 0 Å². The van der Waals surface area contributed by atoms with E-state index >= 15 is 0 Å². The van der Waals surface area contributed by atoms with Crippen molar-refractivity contribution in [2.75, 3.05) is 13.2 Å². The van der Waals surface area contributed by atoms with Crippen molar-refractivity contribution in [1.82, 2.24) is 15.1 Å². The summed E-state index contributed by atoms with van der Waals surface area (Å²) >= 11 is 0. The summed E-state index contributed by atoms with van der Waals surface area (Å²) in [6.45, 7) is 5.99. The molecule has 6 nitrogen and oxygen atoms in total. The minimum atomic E-state index is -0.660. The molecule has 0 unspecified atom stereocenters. The first-order chi connectivity index (χ1) is 13.5. The third-order valence-electron chi connectivity index (χ3n) is 4.46. The number of aromatic nitrogens is 2. The van der Waals surface area contributed by atoms with Crippen molar-refractivity contribution >= 4 is 11.7 Å². The zero-order valence-corrected chi connectivity index (χ0v) is 16.2. The monoisotopic (exact) mass is 377 g/mol. The third kappa shape index (κ3) is 4.11. The molecule has 6 heteroatoms. The van der Waals surface area contributed by atoms with Crippen molar-refractivity contribution in [3.8, 4) is 11.4 Å². The van der Waals surface area contributed by atoms with Crippen LogP contribution in [-0.4, -0.2) is 34.6 Å². The lowest BCUT2D eigenvalue weighted by Crippen LogP contribution is -2.34. The fourth-order valence-corrected chi connectivity index (χ4v) is 3.03. The van der Waals surface area contributed by atoms with Crippen molar-refractivity contribution < 1.29 is 14.3 Å². The first-order valence-corrected chi connectivity index (χ1v) is 9.11. The summed E-state index contributed by atoms with van der Waals surface area (Å²) in [5.41, 5.74) is 3.36. The van der Waals surface area contributed by atoms with Gasteiger partial charge in [0.15, 0.2) is 0 Å². The van der Waals surface area contributed by atoms with Crippen LogP contribution in [0, 0.1) is 20.8 Å². The first kappa shape index (κ1) is 19.4. The van der Waals surface area contributed by atoms with Crippen LogP contribution in [0.25, 0.3) is 5.69 Å². The van der Waals surface area contributed by atoms with Gasteiger partial charge in [-0.15, -0.1) is 0 Å². The molecule has 0 spiro atoms. The van der Waals surface area contributed by atoms with Crippen molar-refractivity contribution in [3.63, 3.8) is 0 Å². The Labute approximate surface area is 164 Å². The molecule has 1 heterocycles. The molecule has 0 atom stereocenters. The number of nitrogens with one attached hydrogen (secondary N) is 1. The molecule has 28 heavy (non-hydrogen) atoms. The SMILES string of the molecule is Cc1ccccc1OCCNC(=O)C(=O)c1c(C)nn(-c2ccccc2)c1C. The van der Waals surface area contributed by atoms with Crippen molar-refractivity contribution in [2.24, 2.45) is 0 Å². The average Bonchev–Trinajstić information content (AvgIpc) is 3.00. The molecule has 0 saturated carbocycles. The van der Waals surface area contributed by atoms with Gasteiger partial charge < -0.3 is 10.1 Å². The minimum Gasteiger partial charge on any atom is -0.491 e. The minimum absolute atomic E-state index is 0.240. The van der Waals surface area contributed by atoms with E-state index in [1.54, 1.807) is 18.5 Å². The summed E-state index contributed by atoms with van der Waals surface area (Å²) in [4.78, 5) is 25.0. The Balaban J connectivity index is 1.63. The highest BCUT2D eigenvalue weighted by Crippen LogP contribution is 2.18. The number of benzene rings is 2. The molecule has 1 aromatic heterocycles. The highest BCUT2D eigenvalue weighted by Gasteiger charge is 2.24. The fraction of sp³-hybridized carbons (Fsp3) is 0.227. The molecular weight excluding hydrogens is 354 g/mol. The van der Waals surface area contributed by atoms with E-state index in [1.165, 1.54) is 0 Å². The number of amides is 1. The maximum absolute atomic E-state index is 12.6. The van der Waals surface area contributed by atoms with Crippen LogP contribution < -0.4 is 10.1 Å². The molecule has 0 radical (unpaired) electrons. The van der Waals surface area contributed by atoms with Gasteiger partial charge in [-0.25, -0.2) is 4.68 Å². The van der Waals surface area contributed by atoms with Crippen LogP contribution in [-0.2, 0) is 4.79 Å². The Morgan fingerprint density at radius 1 is 1.00 bits per heavy atom. The van der Waals surface area contributed by atoms with Crippen LogP contribution in [0.5, 0.6) is 5.75 Å². The second kappa shape index (κ2) is 8.52. The number of nitrogens with zero attached hydrogens (tertiary/aromatic N) is 2. The van der Waals surface area contributed by atoms with Crippen LogP contribution in [0.3, 0.4) is 0 Å². The lowest BCUT2D eigenvalue weighted by atomic mass is 10.1. The predicted octanol–water partition coefficient (Wildman–Crippen LogP) is 3.18. The first-order valence-electron chi connectivity index (χ1n) is 9.11. The van der Waals surface area contributed by atoms with E-state index in [2.05, 4.69) is 10.4 Å². The van der Waals surface area contributed by atoms with Gasteiger partial charge in [0.2, 0.25) is 0 Å². The molecule has 1 N–H and O–H groups in total. The van der Waals surface area contributed by atoms with Crippen LogP contribution in [0.1, 0.15) is 27.3 Å². The maximum atomic E-state index is 12.6. The number of hydrogen-bond donors (Lipinski definition) is 1. The lowest BCUT2D eigenvalue weighted by Gasteiger charge is -2.09. The zero-order valence-electron chi connectivity index (χ0n) is 16.2. The molecule has 0 fully saturated rings. The van der Waals surface area contributed by atoms with E-state index in [0.29, 0.717) is 17.0 Å². The largest absolute Gasteiger partial charge is 0.491 e. The Morgan fingerprint density at radius 3 is 2.39 bits per heavy atom. The highest BCUT2D eigenvalue weighted by molar-refractivity contribution is 6.43. The topological polar surface area (TPSA) is 73.2 Å². The number of hydrogen-bond acceptors (Lipinski definition) is 4. The van der Waals surface area contributed by atoms with E-state index in [0.717, 1.165) is 17.0 Å². The van der Waals surface area contributed by atoms with Crippen LogP contribution in [0.15, 0.2) is 54.6 Å². The summed E-state index contributed by atoms with van der Waals surface area (Å²) in [7, 11) is 0. The smallest absolute Gasteiger partial charge is 0.292 e. The average molecular weight is 377 g/mol. The van der Waals surface area contributed by atoms with Gasteiger partial charge in [-0.05, 0) is 44.5 Å². The second-order valence-electron chi connectivity index (χ2n) is 6.49. The molecular formula is C22H23N3O3. The van der Waals surface area contributed by atoms with Gasteiger partial charge in [0.25, 0.3) is 11.7 Å². The molecule has 0 aliphatic heterocycles. The van der Waals surface area contributed by atoms with Gasteiger partial charge in [-0.1, -0.05) is 36.4 Å². The van der Waals surface area contributed by atoms with Gasteiger partial charge in [-0.3, -0.25) is 9.59 Å². The zero-order chi connectivity index (χ0) is 20.1. The number of para-hydroxylation sites is 2. The van der Waals surface area contributed by atoms with Gasteiger partial charge in [0.05, 0.1) is 29.2 Å². The maximum Gasteiger partial charge on any atom is 0.292 e. The molecule has 1 amide bonds. The van der Waals surface area contributed by atoms with Crippen LogP contribution in [0.2, 0.25) is 0 Å². The molecule has 2 aromatic carbocycles. The van der Waals surface area contributed by atoms with Crippen molar-refractivity contribution in [2.45, 2.75) is 20.8 Å². The van der Waals surface area contributed by atoms with E-state index < -0.39 is 11.7 Å². The van der Waals surface area contributed by atoms with E-state index in [1.807, 2.05) is 61.5 Å². The van der Waals surface area contributed by atoms with E-state index in [4.69, 9.17) is 4.74 Å². The summed E-state index contributed by atoms with van der Waals surface area (Å²) in [6, 6.07) is 17.1. The molecule has 0 saturated heterocycles. The van der Waals surface area contributed by atoms with Gasteiger partial charge in [0.1, 0.15) is 12.4 Å². The quantitative estimate of drug-likeness (QED) is 0.390. The number of rotatable bonds is 7. The number of carbonyl (C=O) groups excluding carboxylic acids is 2. The second-order valence-corrected chi connectivity index (χ2v) is 6.49. The van der Waals surface area contributed by atoms with Crippen LogP contribution in [0.4, 0.5) is 0 Å². The lowest BCUT2D eigenvalue weighted by molar-refractivity contribution is -0.117. The summed E-state index contributed by atoms with van der Waals surface area (Å²) in [6.07, 6.45) is 0. The van der Waals surface area contributed by atoms with Gasteiger partial charge in [0, 0.05) is 0 Å². The Bertz CT molecular complexity index is 994. The number of carbonyl (C=O) groups is 2. The molecule has 144 valence electrons. The molecule has 3 rings (SSSR count). The normalized spacial score (nSPS) is 10.5. The number of aryl methyl sites for hydroxylation is 2. The molecule has 3 aromatic rings. The standard InChI is InChI=1S/C22H23N3O3/c1-15-9-7-8-12-19(15)28-14-13-23-22(27)21(26)20-16(2)24-25(17(20)3)18-10-5-4-6-11-18/h4-12H,13-14H2,1-3H3,(H,23,27). The predicted molar refractivity (Wildman–Crippen MR) is 107 cm³/mol. The summed E-state index contributed by atoms with van der Waals surface area (Å²) < 4.78 is 7.32. The number of ketones is 1. The molecule has 0 aliphatic rings. The Hall–Kier alpha value is -3.41. The van der Waals surface area contributed by atoms with E-state index in [9.17, 15) is 9.59 Å². The molecule has 0 aliphatic carbocycles. The third-order valence-corrected chi connectivity index (χ3v) is 4.46. The summed E-state index contributed by atoms with van der Waals surface area (Å²) in [5.74, 6) is -0.487. The highest BCUT2D eigenvalue weighted by atomic mass is 16.5. The Kier molecular flexibility index (Phi) is 5.89. The van der Waals surface area contributed by atoms with E-state index in [-0.39, 0.29) is 13.2 Å². The van der Waals surface area contributed by atoms with Gasteiger partial charge >= 0.3 is 0 Å². The fourth-order valence-electron chi connectivity index (χ4n) is 3.03.